The van der Waals surface area contributed by atoms with Crippen molar-refractivity contribution >= 4 is 18.3 Å². The van der Waals surface area contributed by atoms with Crippen LogP contribution in [-0.4, -0.2) is 27.1 Å². The number of rotatable bonds is 4. The third kappa shape index (κ3) is 4.44. The van der Waals surface area contributed by atoms with Gasteiger partial charge >= 0.3 is 0 Å². The molecule has 7 nitrogen and oxygen atoms in total. The highest BCUT2D eigenvalue weighted by Crippen LogP contribution is 2.39. The van der Waals surface area contributed by atoms with E-state index in [1.165, 1.54) is 17.1 Å². The van der Waals surface area contributed by atoms with Crippen molar-refractivity contribution in [3.63, 3.8) is 0 Å². The summed E-state index contributed by atoms with van der Waals surface area (Å²) in [6.07, 6.45) is 6.46. The second kappa shape index (κ2) is 8.88. The summed E-state index contributed by atoms with van der Waals surface area (Å²) in [6.45, 7) is 0.264. The Kier molecular flexibility index (Phi) is 5.78. The molecule has 33 heavy (non-hydrogen) atoms. The van der Waals surface area contributed by atoms with Gasteiger partial charge in [0.1, 0.15) is 29.4 Å². The van der Waals surface area contributed by atoms with Crippen molar-refractivity contribution in [1.82, 2.24) is 9.55 Å². The van der Waals surface area contributed by atoms with Gasteiger partial charge in [-0.2, -0.15) is 0 Å². The van der Waals surface area contributed by atoms with Crippen LogP contribution >= 0.6 is 12.2 Å². The molecule has 0 bridgehead atoms. The molecule has 1 aromatic heterocycles. The molecule has 0 amide bonds. The monoisotopic (exact) mass is 464 g/mol. The van der Waals surface area contributed by atoms with Crippen molar-refractivity contribution < 1.29 is 19.3 Å². The zero-order valence-electron chi connectivity index (χ0n) is 18.0. The lowest BCUT2D eigenvalue weighted by Gasteiger charge is -2.30. The first-order chi connectivity index (χ1) is 16.0. The number of aromatic amines is 1. The van der Waals surface area contributed by atoms with E-state index in [1.54, 1.807) is 24.3 Å². The van der Waals surface area contributed by atoms with Gasteiger partial charge in [0, 0.05) is 12.8 Å². The van der Waals surface area contributed by atoms with Crippen LogP contribution in [0.2, 0.25) is 0 Å². The van der Waals surface area contributed by atoms with E-state index in [4.69, 9.17) is 26.4 Å². The largest absolute Gasteiger partial charge is 0.494 e. The molecule has 2 heterocycles. The topological polar surface area (TPSA) is 85.7 Å². The highest BCUT2D eigenvalue weighted by Gasteiger charge is 2.40. The standard InChI is InChI=1S/C25H24N2O5S/c28-22-21(15-20-16-30-25(32-20)13-5-2-6-14-25)23(29)27(24(33)26-22)17-9-11-19(12-10-17)31-18-7-3-1-4-8-18/h1,3-4,7-12,15,29H,2,5-6,13-14,16H2,(H,26,28,33). The van der Waals surface area contributed by atoms with Crippen LogP contribution < -0.4 is 10.3 Å². The quantitative estimate of drug-likeness (QED) is 0.500. The summed E-state index contributed by atoms with van der Waals surface area (Å²) >= 11 is 5.33. The molecular formula is C25H24N2O5S. The van der Waals surface area contributed by atoms with Gasteiger partial charge in [0.25, 0.3) is 5.56 Å². The highest BCUT2D eigenvalue weighted by atomic mass is 32.1. The van der Waals surface area contributed by atoms with Crippen LogP contribution in [0.5, 0.6) is 17.4 Å². The lowest BCUT2D eigenvalue weighted by molar-refractivity contribution is -0.168. The second-order valence-electron chi connectivity index (χ2n) is 8.21. The van der Waals surface area contributed by atoms with Crippen molar-refractivity contribution in [1.29, 1.82) is 0 Å². The summed E-state index contributed by atoms with van der Waals surface area (Å²) in [5, 5.41) is 11.0. The average molecular weight is 465 g/mol. The maximum atomic E-state index is 12.6. The number of hydrogen-bond acceptors (Lipinski definition) is 6. The molecule has 2 N–H and O–H groups in total. The summed E-state index contributed by atoms with van der Waals surface area (Å²) in [5.41, 5.74) is 0.166. The van der Waals surface area contributed by atoms with Crippen LogP contribution in [0.1, 0.15) is 37.7 Å². The molecule has 3 aromatic rings. The Morgan fingerprint density at radius 2 is 1.73 bits per heavy atom. The van der Waals surface area contributed by atoms with E-state index >= 15 is 0 Å². The minimum Gasteiger partial charge on any atom is -0.494 e. The predicted octanol–water partition coefficient (Wildman–Crippen LogP) is 5.44. The summed E-state index contributed by atoms with van der Waals surface area (Å²) in [6, 6.07) is 16.5. The van der Waals surface area contributed by atoms with Crippen LogP contribution in [0.15, 0.2) is 65.2 Å². The Hall–Kier alpha value is -3.36. The highest BCUT2D eigenvalue weighted by molar-refractivity contribution is 7.71. The molecule has 0 radical (unpaired) electrons. The van der Waals surface area contributed by atoms with Crippen LogP contribution in [0.4, 0.5) is 0 Å². The number of nitrogens with zero attached hydrogens (tertiary/aromatic N) is 1. The third-order valence-corrected chi connectivity index (χ3v) is 6.19. The van der Waals surface area contributed by atoms with Gasteiger partial charge in [0.05, 0.1) is 5.69 Å². The van der Waals surface area contributed by atoms with E-state index in [-0.39, 0.29) is 22.8 Å². The second-order valence-corrected chi connectivity index (χ2v) is 8.60. The maximum Gasteiger partial charge on any atom is 0.262 e. The van der Waals surface area contributed by atoms with Crippen molar-refractivity contribution in [2.75, 3.05) is 6.61 Å². The Morgan fingerprint density at radius 1 is 1.03 bits per heavy atom. The van der Waals surface area contributed by atoms with E-state index < -0.39 is 11.3 Å². The van der Waals surface area contributed by atoms with E-state index in [9.17, 15) is 9.90 Å². The van der Waals surface area contributed by atoms with Gasteiger partial charge < -0.3 is 19.3 Å². The van der Waals surface area contributed by atoms with Crippen molar-refractivity contribution in [2.24, 2.45) is 0 Å². The molecule has 1 saturated heterocycles. The summed E-state index contributed by atoms with van der Waals surface area (Å²) in [5.74, 6) is 1.01. The zero-order chi connectivity index (χ0) is 22.8. The van der Waals surface area contributed by atoms with E-state index in [2.05, 4.69) is 4.98 Å². The third-order valence-electron chi connectivity index (χ3n) is 5.91. The van der Waals surface area contributed by atoms with Gasteiger partial charge in [0.2, 0.25) is 11.7 Å². The van der Waals surface area contributed by atoms with Crippen molar-refractivity contribution in [3.05, 3.63) is 81.0 Å². The smallest absolute Gasteiger partial charge is 0.262 e. The lowest BCUT2D eigenvalue weighted by Crippen LogP contribution is -2.32. The fraction of sp³-hybridized carbons (Fsp3) is 0.280. The van der Waals surface area contributed by atoms with Crippen LogP contribution in [-0.2, 0) is 9.47 Å². The number of benzene rings is 2. The van der Waals surface area contributed by atoms with Gasteiger partial charge in [-0.3, -0.25) is 14.3 Å². The number of nitrogens with one attached hydrogen (secondary N) is 1. The number of H-pyrrole nitrogens is 1. The first-order valence-corrected chi connectivity index (χ1v) is 11.4. The summed E-state index contributed by atoms with van der Waals surface area (Å²) < 4.78 is 19.3. The molecule has 8 heteroatoms. The predicted molar refractivity (Wildman–Crippen MR) is 126 cm³/mol. The van der Waals surface area contributed by atoms with Crippen LogP contribution in [0.3, 0.4) is 0 Å². The first kappa shape index (κ1) is 21.5. The molecular weight excluding hydrogens is 440 g/mol. The molecule has 1 spiro atoms. The van der Waals surface area contributed by atoms with Crippen molar-refractivity contribution in [3.8, 4) is 23.1 Å². The molecule has 2 aliphatic rings. The fourth-order valence-electron chi connectivity index (χ4n) is 4.27. The molecule has 1 aliphatic heterocycles. The fourth-order valence-corrected chi connectivity index (χ4v) is 4.55. The van der Waals surface area contributed by atoms with Gasteiger partial charge in [-0.15, -0.1) is 0 Å². The number of aromatic nitrogens is 2. The maximum absolute atomic E-state index is 12.6. The van der Waals surface area contributed by atoms with E-state index in [1.807, 2.05) is 30.3 Å². The molecule has 170 valence electrons. The number of para-hydroxylation sites is 1. The Morgan fingerprint density at radius 3 is 2.45 bits per heavy atom. The molecule has 2 fully saturated rings. The lowest BCUT2D eigenvalue weighted by atomic mass is 9.94. The number of aromatic hydroxyl groups is 1. The van der Waals surface area contributed by atoms with Crippen molar-refractivity contribution in [2.45, 2.75) is 37.9 Å². The number of ether oxygens (including phenoxy) is 3. The van der Waals surface area contributed by atoms with Gasteiger partial charge in [-0.05, 0) is 67.5 Å². The number of hydrogen-bond donors (Lipinski definition) is 2. The molecule has 1 saturated carbocycles. The van der Waals surface area contributed by atoms with Gasteiger partial charge in [0.15, 0.2) is 4.77 Å². The summed E-state index contributed by atoms with van der Waals surface area (Å²) in [7, 11) is 0. The van der Waals surface area contributed by atoms with Gasteiger partial charge in [-0.1, -0.05) is 24.6 Å². The minimum atomic E-state index is -0.602. The van der Waals surface area contributed by atoms with E-state index in [0.717, 1.165) is 31.4 Å². The minimum absolute atomic E-state index is 0.0691. The molecule has 1 aliphatic carbocycles. The molecule has 2 aromatic carbocycles. The Labute approximate surface area is 195 Å². The molecule has 5 rings (SSSR count). The zero-order valence-corrected chi connectivity index (χ0v) is 18.8. The molecule has 0 unspecified atom stereocenters. The SMILES string of the molecule is O=c1[nH]c(=S)n(-c2ccc(Oc3ccccc3)cc2)c(O)c1C=C1COC2(CCCCC2)O1. The Bertz CT molecular complexity index is 1290. The molecule has 0 atom stereocenters. The van der Waals surface area contributed by atoms with Gasteiger partial charge in [-0.25, -0.2) is 0 Å². The van der Waals surface area contributed by atoms with Crippen LogP contribution in [0.25, 0.3) is 11.8 Å². The average Bonchev–Trinajstić information content (AvgIpc) is 3.20. The normalized spacial score (nSPS) is 18.4. The summed E-state index contributed by atoms with van der Waals surface area (Å²) in [4.78, 5) is 15.2. The van der Waals surface area contributed by atoms with Crippen LogP contribution in [0, 0.1) is 4.77 Å². The first-order valence-electron chi connectivity index (χ1n) is 11.0. The Balaban J connectivity index is 1.44. The van der Waals surface area contributed by atoms with E-state index in [0.29, 0.717) is 17.2 Å².